The van der Waals surface area contributed by atoms with Crippen molar-refractivity contribution in [3.63, 3.8) is 0 Å². The van der Waals surface area contributed by atoms with Gasteiger partial charge in [-0.1, -0.05) is 58.0 Å². The lowest BCUT2D eigenvalue weighted by molar-refractivity contribution is 0.693. The Kier molecular flexibility index (Phi) is 6.59. The fourth-order valence-corrected chi connectivity index (χ4v) is 2.12. The molecule has 0 nitrogen and oxygen atoms in total. The van der Waals surface area contributed by atoms with E-state index in [4.69, 9.17) is 92.8 Å². The molecule has 0 aromatic rings. The first-order chi connectivity index (χ1) is 5.57. The Morgan fingerprint density at radius 1 is 0.846 bits per heavy atom. The average Bonchev–Trinajstić information content (AvgIpc) is 1.82. The Morgan fingerprint density at radius 3 is 1.46 bits per heavy atom. The lowest BCUT2D eigenvalue weighted by Crippen LogP contribution is -2.35. The van der Waals surface area contributed by atoms with Crippen LogP contribution in [0.5, 0.6) is 0 Å². The van der Waals surface area contributed by atoms with Gasteiger partial charge < -0.3 is 0 Å². The van der Waals surface area contributed by atoms with E-state index in [-0.39, 0.29) is 6.42 Å². The second-order valence-electron chi connectivity index (χ2n) is 2.26. The molecule has 1 unspecified atom stereocenters. The molecule has 0 amide bonds. The van der Waals surface area contributed by atoms with Crippen LogP contribution in [0, 0.1) is 0 Å². The first-order valence-electron chi connectivity index (χ1n) is 2.94. The molecule has 13 heavy (non-hydrogen) atoms. The number of hydrogen-bond donors (Lipinski definition) is 0. The Balaban J connectivity index is 4.34. The van der Waals surface area contributed by atoms with Crippen LogP contribution in [-0.4, -0.2) is 18.3 Å². The van der Waals surface area contributed by atoms with Crippen molar-refractivity contribution < 1.29 is 0 Å². The van der Waals surface area contributed by atoms with E-state index in [1.807, 2.05) is 0 Å². The van der Waals surface area contributed by atoms with Crippen molar-refractivity contribution in [1.82, 2.24) is 0 Å². The molecule has 0 N–H and O–H groups in total. The predicted octanol–water partition coefficient (Wildman–Crippen LogP) is 5.33. The zero-order chi connectivity index (χ0) is 10.9. The Morgan fingerprint density at radius 2 is 1.23 bits per heavy atom. The van der Waals surface area contributed by atoms with Gasteiger partial charge in [0.25, 0.3) is 0 Å². The number of rotatable bonds is 3. The molecule has 0 heterocycles. The van der Waals surface area contributed by atoms with Crippen LogP contribution in [0.3, 0.4) is 0 Å². The van der Waals surface area contributed by atoms with Gasteiger partial charge in [-0.25, -0.2) is 0 Å². The zero-order valence-corrected chi connectivity index (χ0v) is 11.9. The van der Waals surface area contributed by atoms with Crippen molar-refractivity contribution in [3.8, 4) is 0 Å². The van der Waals surface area contributed by atoms with Crippen molar-refractivity contribution in [3.05, 3.63) is 0 Å². The van der Waals surface area contributed by atoms with E-state index in [0.29, 0.717) is 0 Å². The zero-order valence-electron chi connectivity index (χ0n) is 5.89. The molecule has 0 aliphatic heterocycles. The fourth-order valence-electron chi connectivity index (χ4n) is 0.476. The predicted molar refractivity (Wildman–Crippen MR) is 64.5 cm³/mol. The third kappa shape index (κ3) is 5.82. The highest BCUT2D eigenvalue weighted by molar-refractivity contribution is 6.68. The summed E-state index contributed by atoms with van der Waals surface area (Å²) in [6, 6.07) is 0. The molecule has 0 aliphatic rings. The highest BCUT2D eigenvalue weighted by Crippen LogP contribution is 2.44. The van der Waals surface area contributed by atoms with E-state index in [0.717, 1.165) is 0 Å². The van der Waals surface area contributed by atoms with Gasteiger partial charge in [0.2, 0.25) is 0 Å². The lowest BCUT2D eigenvalue weighted by Gasteiger charge is -2.28. The van der Waals surface area contributed by atoms with Crippen LogP contribution < -0.4 is 0 Å². The maximum absolute atomic E-state index is 5.77. The van der Waals surface area contributed by atoms with Crippen molar-refractivity contribution >= 4 is 92.8 Å². The van der Waals surface area contributed by atoms with Gasteiger partial charge in [0, 0.05) is 6.42 Å². The number of alkyl halides is 8. The second kappa shape index (κ2) is 5.59. The summed E-state index contributed by atoms with van der Waals surface area (Å²) in [5, 5.41) is -0.858. The van der Waals surface area contributed by atoms with E-state index in [9.17, 15) is 0 Å². The van der Waals surface area contributed by atoms with Crippen LogP contribution in [-0.2, 0) is 0 Å². The van der Waals surface area contributed by atoms with Crippen LogP contribution in [0.15, 0.2) is 0 Å². The minimum Gasteiger partial charge on any atom is -0.119 e. The van der Waals surface area contributed by atoms with Gasteiger partial charge in [-0.05, 0) is 0 Å². The minimum absolute atomic E-state index is 0.0534. The molecular weight excluding hydrogens is 344 g/mol. The van der Waals surface area contributed by atoms with Crippen LogP contribution >= 0.6 is 92.8 Å². The molecule has 0 aliphatic carbocycles. The topological polar surface area (TPSA) is 0 Å². The minimum atomic E-state index is -1.55. The summed E-state index contributed by atoms with van der Waals surface area (Å²) in [4.78, 5) is -1.06. The third-order valence-corrected chi connectivity index (χ3v) is 4.40. The van der Waals surface area contributed by atoms with E-state index >= 15 is 0 Å². The summed E-state index contributed by atoms with van der Waals surface area (Å²) in [6.07, 6.45) is -0.0534. The van der Waals surface area contributed by atoms with Crippen LogP contribution in [0.2, 0.25) is 0 Å². The van der Waals surface area contributed by atoms with Gasteiger partial charge in [-0.2, -0.15) is 0 Å². The van der Waals surface area contributed by atoms with Crippen molar-refractivity contribution in [1.29, 1.82) is 0 Å². The summed E-state index contributed by atoms with van der Waals surface area (Å²) in [6.45, 7) is 0. The Labute approximate surface area is 117 Å². The van der Waals surface area contributed by atoms with E-state index < -0.39 is 18.3 Å². The van der Waals surface area contributed by atoms with E-state index in [2.05, 4.69) is 0 Å². The first kappa shape index (κ1) is 15.3. The third-order valence-electron chi connectivity index (χ3n) is 1.12. The molecule has 0 aromatic carbocycles. The van der Waals surface area contributed by atoms with Gasteiger partial charge in [-0.3, -0.25) is 0 Å². The molecule has 0 rings (SSSR count). The van der Waals surface area contributed by atoms with Gasteiger partial charge in [-0.15, -0.1) is 34.8 Å². The molecule has 80 valence electrons. The van der Waals surface area contributed by atoms with Gasteiger partial charge in [0.1, 0.15) is 4.84 Å². The molecule has 0 aromatic heterocycles. The highest BCUT2D eigenvalue weighted by atomic mass is 35.6. The largest absolute Gasteiger partial charge is 0.192 e. The molecule has 0 bridgehead atoms. The standard InChI is InChI=1S/C5H4Cl8/c6-2(1-4(9,10)11)5(12,13)3(7)8/h2-3H,1H2. The summed E-state index contributed by atoms with van der Waals surface area (Å²) in [5.41, 5.74) is 0. The van der Waals surface area contributed by atoms with Gasteiger partial charge in [0.05, 0.1) is 5.38 Å². The Bertz CT molecular complexity index is 158. The molecule has 0 saturated heterocycles. The van der Waals surface area contributed by atoms with Gasteiger partial charge >= 0.3 is 0 Å². The van der Waals surface area contributed by atoms with Gasteiger partial charge in [0.15, 0.2) is 8.13 Å². The quantitative estimate of drug-likeness (QED) is 0.605. The molecule has 0 fully saturated rings. The maximum Gasteiger partial charge on any atom is 0.192 e. The molecule has 0 saturated carbocycles. The van der Waals surface area contributed by atoms with E-state index in [1.54, 1.807) is 0 Å². The molecular formula is C5H4Cl8. The number of halogens is 8. The monoisotopic (exact) mass is 344 g/mol. The van der Waals surface area contributed by atoms with Crippen molar-refractivity contribution in [2.24, 2.45) is 0 Å². The van der Waals surface area contributed by atoms with Crippen molar-refractivity contribution in [2.45, 2.75) is 24.8 Å². The van der Waals surface area contributed by atoms with Crippen molar-refractivity contribution in [2.75, 3.05) is 0 Å². The Hall–Kier alpha value is 2.32. The second-order valence-corrected chi connectivity index (χ2v) is 7.85. The van der Waals surface area contributed by atoms with Crippen LogP contribution in [0.4, 0.5) is 0 Å². The molecule has 0 spiro atoms. The van der Waals surface area contributed by atoms with Crippen LogP contribution in [0.25, 0.3) is 0 Å². The first-order valence-corrected chi connectivity index (χ1v) is 6.14. The summed E-state index contributed by atoms with van der Waals surface area (Å²) >= 11 is 44.6. The lowest BCUT2D eigenvalue weighted by atomic mass is 10.2. The highest BCUT2D eigenvalue weighted by Gasteiger charge is 2.43. The fraction of sp³-hybridized carbons (Fsp3) is 1.00. The van der Waals surface area contributed by atoms with Crippen LogP contribution in [0.1, 0.15) is 6.42 Å². The van der Waals surface area contributed by atoms with E-state index in [1.165, 1.54) is 0 Å². The molecule has 1 atom stereocenters. The number of hydrogen-bond acceptors (Lipinski definition) is 0. The average molecular weight is 348 g/mol. The summed E-state index contributed by atoms with van der Waals surface area (Å²) < 4.78 is -3.08. The smallest absolute Gasteiger partial charge is 0.119 e. The summed E-state index contributed by atoms with van der Waals surface area (Å²) in [5.74, 6) is 0. The summed E-state index contributed by atoms with van der Waals surface area (Å²) in [7, 11) is 0. The SMILES string of the molecule is ClC(Cl)C(Cl)(Cl)C(Cl)CC(Cl)(Cl)Cl. The molecule has 0 radical (unpaired) electrons. The normalized spacial score (nSPS) is 16.4. The molecule has 8 heteroatoms. The maximum atomic E-state index is 5.77.